The number of nitrogen functional groups attached to an aromatic ring is 1. The lowest BCUT2D eigenvalue weighted by molar-refractivity contribution is 0.460. The monoisotopic (exact) mass is 263 g/mol. The minimum atomic E-state index is 0.112. The normalized spacial score (nSPS) is 10.4. The van der Waals surface area contributed by atoms with E-state index in [9.17, 15) is 0 Å². The highest BCUT2D eigenvalue weighted by atomic mass is 35.5. The van der Waals surface area contributed by atoms with Gasteiger partial charge in [0, 0.05) is 0 Å². The van der Waals surface area contributed by atoms with Gasteiger partial charge in [-0.1, -0.05) is 6.07 Å². The molecule has 0 aliphatic heterocycles. The summed E-state index contributed by atoms with van der Waals surface area (Å²) < 4.78 is 5.72. The van der Waals surface area contributed by atoms with E-state index >= 15 is 0 Å². The van der Waals surface area contributed by atoms with Crippen molar-refractivity contribution in [3.8, 4) is 11.6 Å². The molecule has 5 heteroatoms. The molecule has 4 nitrogen and oxygen atoms in total. The molecule has 0 unspecified atom stereocenters. The fraction of sp³-hybridized carbons (Fsp3) is 0.231. The van der Waals surface area contributed by atoms with Crippen molar-refractivity contribution in [2.45, 2.75) is 20.8 Å². The maximum absolute atomic E-state index is 5.75. The van der Waals surface area contributed by atoms with Gasteiger partial charge in [-0.2, -0.15) is 4.98 Å². The van der Waals surface area contributed by atoms with E-state index in [-0.39, 0.29) is 11.2 Å². The van der Waals surface area contributed by atoms with Crippen LogP contribution in [0.5, 0.6) is 11.6 Å². The predicted molar refractivity (Wildman–Crippen MR) is 72.2 cm³/mol. The molecule has 0 amide bonds. The van der Waals surface area contributed by atoms with E-state index in [2.05, 4.69) is 16.0 Å². The number of nitrogens with two attached hydrogens (primary N) is 1. The zero-order chi connectivity index (χ0) is 13.3. The summed E-state index contributed by atoms with van der Waals surface area (Å²) >= 11 is 5.73. The molecule has 0 spiro atoms. The summed E-state index contributed by atoms with van der Waals surface area (Å²) in [5, 5.41) is 0.112. The largest absolute Gasteiger partial charge is 0.437 e. The van der Waals surface area contributed by atoms with Crippen molar-refractivity contribution in [3.05, 3.63) is 40.3 Å². The van der Waals surface area contributed by atoms with Gasteiger partial charge in [0.25, 0.3) is 0 Å². The Morgan fingerprint density at radius 2 is 1.94 bits per heavy atom. The smallest absolute Gasteiger partial charge is 0.247 e. The van der Waals surface area contributed by atoms with Crippen LogP contribution in [0.2, 0.25) is 5.28 Å². The Bertz CT molecular complexity index is 599. The van der Waals surface area contributed by atoms with Crippen molar-refractivity contribution in [3.63, 3.8) is 0 Å². The van der Waals surface area contributed by atoms with Crippen molar-refractivity contribution in [2.24, 2.45) is 0 Å². The number of nitrogens with zero attached hydrogens (tertiary/aromatic N) is 2. The summed E-state index contributed by atoms with van der Waals surface area (Å²) in [6.45, 7) is 6.03. The highest BCUT2D eigenvalue weighted by molar-refractivity contribution is 6.28. The zero-order valence-electron chi connectivity index (χ0n) is 10.5. The number of benzene rings is 1. The summed E-state index contributed by atoms with van der Waals surface area (Å²) in [5.41, 5.74) is 9.44. The van der Waals surface area contributed by atoms with Crippen LogP contribution in [0.3, 0.4) is 0 Å². The molecule has 0 saturated carbocycles. The molecule has 0 saturated heterocycles. The third-order valence-electron chi connectivity index (χ3n) is 2.72. The summed E-state index contributed by atoms with van der Waals surface area (Å²) in [4.78, 5) is 7.76. The minimum absolute atomic E-state index is 0.112. The van der Waals surface area contributed by atoms with Gasteiger partial charge >= 0.3 is 0 Å². The van der Waals surface area contributed by atoms with E-state index in [0.717, 1.165) is 22.4 Å². The number of anilines is 1. The van der Waals surface area contributed by atoms with Crippen LogP contribution in [0.1, 0.15) is 16.7 Å². The second kappa shape index (κ2) is 4.82. The van der Waals surface area contributed by atoms with Crippen molar-refractivity contribution < 1.29 is 4.74 Å². The SMILES string of the molecule is Cc1cc(C)c(C)c(Oc2nc(Cl)ncc2N)c1. The average molecular weight is 264 g/mol. The minimum Gasteiger partial charge on any atom is -0.437 e. The standard InChI is InChI=1S/C13H14ClN3O/c1-7-4-8(2)9(3)11(5-7)18-12-10(15)6-16-13(14)17-12/h4-6H,15H2,1-3H3. The summed E-state index contributed by atoms with van der Waals surface area (Å²) in [5.74, 6) is 1.01. The van der Waals surface area contributed by atoms with E-state index in [1.165, 1.54) is 6.20 Å². The van der Waals surface area contributed by atoms with Gasteiger partial charge in [-0.25, -0.2) is 4.98 Å². The van der Waals surface area contributed by atoms with Crippen LogP contribution in [-0.4, -0.2) is 9.97 Å². The van der Waals surface area contributed by atoms with Crippen LogP contribution < -0.4 is 10.5 Å². The van der Waals surface area contributed by atoms with E-state index in [1.807, 2.05) is 26.8 Å². The number of halogens is 1. The first-order chi connectivity index (χ1) is 8.47. The van der Waals surface area contributed by atoms with E-state index in [4.69, 9.17) is 22.1 Å². The number of rotatable bonds is 2. The fourth-order valence-corrected chi connectivity index (χ4v) is 1.77. The summed E-state index contributed by atoms with van der Waals surface area (Å²) in [7, 11) is 0. The Hall–Kier alpha value is -1.81. The Kier molecular flexibility index (Phi) is 3.39. The lowest BCUT2D eigenvalue weighted by Crippen LogP contribution is -1.99. The van der Waals surface area contributed by atoms with E-state index < -0.39 is 0 Å². The van der Waals surface area contributed by atoms with Crippen LogP contribution in [-0.2, 0) is 0 Å². The number of hydrogen-bond donors (Lipinski definition) is 1. The Morgan fingerprint density at radius 1 is 1.22 bits per heavy atom. The average Bonchev–Trinajstić information content (AvgIpc) is 2.30. The van der Waals surface area contributed by atoms with Crippen LogP contribution in [0.15, 0.2) is 18.3 Å². The lowest BCUT2D eigenvalue weighted by Gasteiger charge is -2.12. The van der Waals surface area contributed by atoms with Gasteiger partial charge in [0.1, 0.15) is 11.4 Å². The number of aromatic nitrogens is 2. The van der Waals surface area contributed by atoms with Gasteiger partial charge in [0.15, 0.2) is 0 Å². The molecule has 18 heavy (non-hydrogen) atoms. The van der Waals surface area contributed by atoms with Gasteiger partial charge in [0.05, 0.1) is 6.20 Å². The Morgan fingerprint density at radius 3 is 2.67 bits per heavy atom. The van der Waals surface area contributed by atoms with Crippen molar-refractivity contribution >= 4 is 17.3 Å². The molecule has 2 aromatic rings. The molecule has 1 heterocycles. The fourth-order valence-electron chi connectivity index (χ4n) is 1.65. The van der Waals surface area contributed by atoms with Gasteiger partial charge in [-0.3, -0.25) is 0 Å². The molecule has 94 valence electrons. The molecule has 0 atom stereocenters. The highest BCUT2D eigenvalue weighted by Crippen LogP contribution is 2.30. The van der Waals surface area contributed by atoms with Crippen LogP contribution in [0.25, 0.3) is 0 Å². The molecule has 0 bridgehead atoms. The number of hydrogen-bond acceptors (Lipinski definition) is 4. The maximum Gasteiger partial charge on any atom is 0.247 e. The summed E-state index contributed by atoms with van der Waals surface area (Å²) in [6.07, 6.45) is 1.43. The molecule has 1 aromatic heterocycles. The van der Waals surface area contributed by atoms with E-state index in [1.54, 1.807) is 0 Å². The quantitative estimate of drug-likeness (QED) is 0.844. The molecule has 1 aromatic carbocycles. The molecular weight excluding hydrogens is 250 g/mol. The van der Waals surface area contributed by atoms with Crippen molar-refractivity contribution in [2.75, 3.05) is 5.73 Å². The van der Waals surface area contributed by atoms with Crippen LogP contribution in [0.4, 0.5) is 5.69 Å². The predicted octanol–water partition coefficient (Wildman–Crippen LogP) is 3.43. The van der Waals surface area contributed by atoms with Crippen LogP contribution in [0, 0.1) is 20.8 Å². The topological polar surface area (TPSA) is 61.0 Å². The highest BCUT2D eigenvalue weighted by Gasteiger charge is 2.10. The zero-order valence-corrected chi connectivity index (χ0v) is 11.2. The van der Waals surface area contributed by atoms with E-state index in [0.29, 0.717) is 5.69 Å². The van der Waals surface area contributed by atoms with Gasteiger partial charge in [0.2, 0.25) is 11.2 Å². The molecule has 0 aliphatic rings. The number of ether oxygens (including phenoxy) is 1. The molecule has 0 fully saturated rings. The van der Waals surface area contributed by atoms with Gasteiger partial charge in [-0.05, 0) is 55.1 Å². The van der Waals surface area contributed by atoms with Crippen LogP contribution >= 0.6 is 11.6 Å². The third-order valence-corrected chi connectivity index (χ3v) is 2.90. The first kappa shape index (κ1) is 12.6. The lowest BCUT2D eigenvalue weighted by atomic mass is 10.1. The summed E-state index contributed by atoms with van der Waals surface area (Å²) in [6, 6.07) is 4.04. The molecule has 0 radical (unpaired) electrons. The second-order valence-corrected chi connectivity index (χ2v) is 4.54. The Balaban J connectivity index is 2.43. The van der Waals surface area contributed by atoms with Gasteiger partial charge in [-0.15, -0.1) is 0 Å². The molecule has 0 aliphatic carbocycles. The number of aryl methyl sites for hydroxylation is 2. The van der Waals surface area contributed by atoms with Gasteiger partial charge < -0.3 is 10.5 Å². The third kappa shape index (κ3) is 2.54. The second-order valence-electron chi connectivity index (χ2n) is 4.21. The van der Waals surface area contributed by atoms with Crippen molar-refractivity contribution in [1.82, 2.24) is 9.97 Å². The molecule has 2 rings (SSSR count). The first-order valence-electron chi connectivity index (χ1n) is 5.51. The first-order valence-corrected chi connectivity index (χ1v) is 5.89. The maximum atomic E-state index is 5.75. The Labute approximate surface area is 111 Å². The molecular formula is C13H14ClN3O. The molecule has 2 N–H and O–H groups in total. The van der Waals surface area contributed by atoms with Crippen molar-refractivity contribution in [1.29, 1.82) is 0 Å².